The quantitative estimate of drug-likeness (QED) is 0.706. The standard InChI is InChI=1S/C19H30N4O2.3ClH/c1-15(2)23-10-11-25-18(14-23)13-21-6-8-22(9-7-21)19(24)16-4-3-5-17(20)12-16;;;/h3-5,12,15,18H,6-11,13-14,20H2,1-2H3;3*1H. The van der Waals surface area contributed by atoms with Gasteiger partial charge in [0.15, 0.2) is 0 Å². The first-order valence-corrected chi connectivity index (χ1v) is 9.26. The number of piperazine rings is 1. The van der Waals surface area contributed by atoms with Gasteiger partial charge in [0.05, 0.1) is 12.7 Å². The summed E-state index contributed by atoms with van der Waals surface area (Å²) in [6.07, 6.45) is 0.271. The molecule has 0 spiro atoms. The van der Waals surface area contributed by atoms with Crippen molar-refractivity contribution in [2.45, 2.75) is 26.0 Å². The van der Waals surface area contributed by atoms with Gasteiger partial charge in [-0.3, -0.25) is 14.6 Å². The van der Waals surface area contributed by atoms with Gasteiger partial charge in [-0.05, 0) is 32.0 Å². The number of benzene rings is 1. The first-order chi connectivity index (χ1) is 12.0. The Hall–Kier alpha value is -0.760. The Morgan fingerprint density at radius 3 is 2.43 bits per heavy atom. The Bertz CT molecular complexity index is 598. The molecule has 1 aromatic carbocycles. The molecule has 0 aromatic heterocycles. The molecule has 1 aromatic rings. The van der Waals surface area contributed by atoms with E-state index in [2.05, 4.69) is 23.6 Å². The van der Waals surface area contributed by atoms with Crippen LogP contribution in [0.15, 0.2) is 24.3 Å². The number of nitrogens with two attached hydrogens (primary N) is 1. The highest BCUT2D eigenvalue weighted by Gasteiger charge is 2.27. The number of rotatable bonds is 4. The smallest absolute Gasteiger partial charge is 0.254 e. The second-order valence-corrected chi connectivity index (χ2v) is 7.30. The van der Waals surface area contributed by atoms with Crippen LogP contribution in [0.4, 0.5) is 5.69 Å². The van der Waals surface area contributed by atoms with E-state index in [1.807, 2.05) is 17.0 Å². The van der Waals surface area contributed by atoms with Crippen LogP contribution in [0, 0.1) is 0 Å². The van der Waals surface area contributed by atoms with E-state index < -0.39 is 0 Å². The van der Waals surface area contributed by atoms with Crippen LogP contribution in [0.1, 0.15) is 24.2 Å². The lowest BCUT2D eigenvalue weighted by Crippen LogP contribution is -2.54. The number of carbonyl (C=O) groups is 1. The van der Waals surface area contributed by atoms with Gasteiger partial charge in [-0.15, -0.1) is 37.2 Å². The van der Waals surface area contributed by atoms with Gasteiger partial charge >= 0.3 is 0 Å². The summed E-state index contributed by atoms with van der Waals surface area (Å²) < 4.78 is 5.94. The molecule has 2 saturated heterocycles. The minimum atomic E-state index is 0. The largest absolute Gasteiger partial charge is 0.399 e. The summed E-state index contributed by atoms with van der Waals surface area (Å²) in [4.78, 5) is 19.4. The molecule has 6 nitrogen and oxygen atoms in total. The molecule has 0 bridgehead atoms. The van der Waals surface area contributed by atoms with Gasteiger partial charge in [-0.2, -0.15) is 0 Å². The van der Waals surface area contributed by atoms with Gasteiger partial charge < -0.3 is 15.4 Å². The van der Waals surface area contributed by atoms with Crippen LogP contribution in [0.2, 0.25) is 0 Å². The molecule has 2 aliphatic rings. The molecule has 0 saturated carbocycles. The number of hydrogen-bond donors (Lipinski definition) is 1. The summed E-state index contributed by atoms with van der Waals surface area (Å²) in [7, 11) is 0. The average molecular weight is 456 g/mol. The van der Waals surface area contributed by atoms with Gasteiger partial charge in [0.1, 0.15) is 0 Å². The summed E-state index contributed by atoms with van der Waals surface area (Å²) >= 11 is 0. The first-order valence-electron chi connectivity index (χ1n) is 9.26. The third-order valence-electron chi connectivity index (χ3n) is 5.16. The molecule has 1 unspecified atom stereocenters. The minimum absolute atomic E-state index is 0. The number of morpholine rings is 1. The molecule has 2 fully saturated rings. The maximum atomic E-state index is 12.6. The fourth-order valence-electron chi connectivity index (χ4n) is 3.60. The van der Waals surface area contributed by atoms with Crippen molar-refractivity contribution in [2.75, 3.05) is 58.2 Å². The summed E-state index contributed by atoms with van der Waals surface area (Å²) in [6.45, 7) is 11.6. The zero-order valence-corrected chi connectivity index (χ0v) is 19.0. The maximum Gasteiger partial charge on any atom is 0.254 e. The molecule has 1 amide bonds. The maximum absolute atomic E-state index is 12.6. The number of halogens is 3. The van der Waals surface area contributed by atoms with Crippen LogP contribution in [0.3, 0.4) is 0 Å². The van der Waals surface area contributed by atoms with Gasteiger partial charge in [0.25, 0.3) is 5.91 Å². The molecular formula is C19H33Cl3N4O2. The van der Waals surface area contributed by atoms with E-state index in [0.717, 1.165) is 52.4 Å². The van der Waals surface area contributed by atoms with Gasteiger partial charge in [0, 0.05) is 63.1 Å². The van der Waals surface area contributed by atoms with E-state index in [1.54, 1.807) is 12.1 Å². The third-order valence-corrected chi connectivity index (χ3v) is 5.16. The number of nitrogens with zero attached hydrogens (tertiary/aromatic N) is 3. The van der Waals surface area contributed by atoms with E-state index in [-0.39, 0.29) is 49.2 Å². The molecule has 0 aliphatic carbocycles. The van der Waals surface area contributed by atoms with Gasteiger partial charge in [0.2, 0.25) is 0 Å². The normalized spacial score (nSPS) is 20.7. The highest BCUT2D eigenvalue weighted by Crippen LogP contribution is 2.14. The number of hydrogen-bond acceptors (Lipinski definition) is 5. The Kier molecular flexibility index (Phi) is 12.4. The Labute approximate surface area is 187 Å². The zero-order valence-electron chi connectivity index (χ0n) is 16.6. The lowest BCUT2D eigenvalue weighted by molar-refractivity contribution is -0.0555. The number of amides is 1. The predicted octanol–water partition coefficient (Wildman–Crippen LogP) is 2.40. The van der Waals surface area contributed by atoms with E-state index in [0.29, 0.717) is 17.3 Å². The van der Waals surface area contributed by atoms with E-state index in [9.17, 15) is 4.79 Å². The first kappa shape index (κ1) is 27.2. The van der Waals surface area contributed by atoms with Crippen molar-refractivity contribution in [3.63, 3.8) is 0 Å². The SMILES string of the molecule is CC(C)N1CCOC(CN2CCN(C(=O)c3cccc(N)c3)CC2)C1.Cl.Cl.Cl. The molecule has 1 atom stereocenters. The molecule has 9 heteroatoms. The topological polar surface area (TPSA) is 62.0 Å². The highest BCUT2D eigenvalue weighted by molar-refractivity contribution is 5.95. The van der Waals surface area contributed by atoms with Crippen LogP contribution in [0.5, 0.6) is 0 Å². The minimum Gasteiger partial charge on any atom is -0.399 e. The van der Waals surface area contributed by atoms with Gasteiger partial charge in [-0.1, -0.05) is 6.07 Å². The Morgan fingerprint density at radius 2 is 1.82 bits per heavy atom. The number of anilines is 1. The number of nitrogen functional groups attached to an aromatic ring is 1. The van der Waals surface area contributed by atoms with Crippen molar-refractivity contribution in [3.8, 4) is 0 Å². The average Bonchev–Trinajstić information content (AvgIpc) is 2.62. The summed E-state index contributed by atoms with van der Waals surface area (Å²) in [6, 6.07) is 7.80. The Balaban J connectivity index is 0.00000243. The monoisotopic (exact) mass is 454 g/mol. The lowest BCUT2D eigenvalue weighted by Gasteiger charge is -2.40. The van der Waals surface area contributed by atoms with Gasteiger partial charge in [-0.25, -0.2) is 0 Å². The van der Waals surface area contributed by atoms with Crippen molar-refractivity contribution >= 4 is 48.8 Å². The van der Waals surface area contributed by atoms with Crippen LogP contribution in [-0.4, -0.2) is 85.2 Å². The predicted molar refractivity (Wildman–Crippen MR) is 121 cm³/mol. The van der Waals surface area contributed by atoms with E-state index >= 15 is 0 Å². The lowest BCUT2D eigenvalue weighted by atomic mass is 10.1. The highest BCUT2D eigenvalue weighted by atomic mass is 35.5. The van der Waals surface area contributed by atoms with Crippen molar-refractivity contribution < 1.29 is 9.53 Å². The third kappa shape index (κ3) is 7.25. The summed E-state index contributed by atoms with van der Waals surface area (Å²) in [5, 5.41) is 0. The summed E-state index contributed by atoms with van der Waals surface area (Å²) in [5.74, 6) is 0.0758. The molecule has 0 radical (unpaired) electrons. The van der Waals surface area contributed by atoms with Crippen molar-refractivity contribution in [3.05, 3.63) is 29.8 Å². The second-order valence-electron chi connectivity index (χ2n) is 7.30. The second kappa shape index (κ2) is 12.7. The molecule has 28 heavy (non-hydrogen) atoms. The Morgan fingerprint density at radius 1 is 1.14 bits per heavy atom. The van der Waals surface area contributed by atoms with Crippen LogP contribution in [0.25, 0.3) is 0 Å². The van der Waals surface area contributed by atoms with Crippen molar-refractivity contribution in [1.29, 1.82) is 0 Å². The van der Waals surface area contributed by atoms with E-state index in [1.165, 1.54) is 0 Å². The molecule has 2 heterocycles. The number of carbonyl (C=O) groups excluding carboxylic acids is 1. The fourth-order valence-corrected chi connectivity index (χ4v) is 3.60. The van der Waals surface area contributed by atoms with Crippen molar-refractivity contribution in [1.82, 2.24) is 14.7 Å². The van der Waals surface area contributed by atoms with Crippen LogP contribution in [-0.2, 0) is 4.74 Å². The molecular weight excluding hydrogens is 423 g/mol. The zero-order chi connectivity index (χ0) is 17.8. The van der Waals surface area contributed by atoms with Crippen LogP contribution >= 0.6 is 37.2 Å². The molecule has 2 aliphatic heterocycles. The molecule has 162 valence electrons. The van der Waals surface area contributed by atoms with E-state index in [4.69, 9.17) is 10.5 Å². The molecule has 3 rings (SSSR count). The molecule has 2 N–H and O–H groups in total. The summed E-state index contributed by atoms with van der Waals surface area (Å²) in [5.41, 5.74) is 7.10. The fraction of sp³-hybridized carbons (Fsp3) is 0.632. The number of ether oxygens (including phenoxy) is 1. The van der Waals surface area contributed by atoms with Crippen molar-refractivity contribution in [2.24, 2.45) is 0 Å². The van der Waals surface area contributed by atoms with Crippen LogP contribution < -0.4 is 5.73 Å².